The second kappa shape index (κ2) is 29.7. The first-order valence-corrected chi connectivity index (χ1v) is 26.6. The van der Waals surface area contributed by atoms with Gasteiger partial charge in [0.1, 0.15) is 78.2 Å². The molecule has 2 aromatic rings. The fourth-order valence-electron chi connectivity index (χ4n) is 8.84. The summed E-state index contributed by atoms with van der Waals surface area (Å²) in [6.45, 7) is 13.2. The van der Waals surface area contributed by atoms with E-state index in [1.54, 1.807) is 58.0 Å². The molecule has 24 heteroatoms. The van der Waals surface area contributed by atoms with Crippen LogP contribution in [0.1, 0.15) is 112 Å². The number of aliphatic hydroxyl groups excluding tert-OH is 1. The zero-order valence-corrected chi connectivity index (χ0v) is 46.5. The quantitative estimate of drug-likeness (QED) is 0.0722. The van der Waals surface area contributed by atoms with Crippen LogP contribution in [-0.4, -0.2) is 159 Å². The molecule has 2 bridgehead atoms. The van der Waals surface area contributed by atoms with Gasteiger partial charge in [-0.3, -0.25) is 43.2 Å². The van der Waals surface area contributed by atoms with Crippen molar-refractivity contribution in [1.29, 1.82) is 0 Å². The van der Waals surface area contributed by atoms with Crippen LogP contribution < -0.4 is 37.2 Å². The number of carbonyl (C=O) groups excluding carboxylic acids is 11. The minimum absolute atomic E-state index is 0.0724. The van der Waals surface area contributed by atoms with E-state index in [2.05, 4.69) is 37.2 Å². The predicted octanol–water partition coefficient (Wildman–Crippen LogP) is 0.416. The first kappa shape index (κ1) is 63.6. The van der Waals surface area contributed by atoms with E-state index in [0.717, 1.165) is 9.80 Å². The molecule has 0 radical (unpaired) electrons. The number of piperidine rings is 1. The van der Waals surface area contributed by atoms with Crippen molar-refractivity contribution < 1.29 is 72.4 Å². The highest BCUT2D eigenvalue weighted by atomic mass is 16.6. The number of esters is 2. The first-order valence-electron chi connectivity index (χ1n) is 26.6. The van der Waals surface area contributed by atoms with Crippen LogP contribution in [0.4, 0.5) is 0 Å². The number of allylic oxidation sites excluding steroid dienone is 1. The molecule has 0 aliphatic carbocycles. The number of benzene rings is 2. The Morgan fingerprint density at radius 3 is 1.92 bits per heavy atom. The van der Waals surface area contributed by atoms with Crippen molar-refractivity contribution in [1.82, 2.24) is 47.0 Å². The van der Waals surface area contributed by atoms with Crippen molar-refractivity contribution >= 4 is 65.1 Å². The summed E-state index contributed by atoms with van der Waals surface area (Å²) in [5, 5.41) is 39.2. The maximum Gasteiger partial charge on any atom is 0.329 e. The molecule has 2 aliphatic rings. The molecule has 432 valence electrons. The minimum atomic E-state index is -1.97. The number of phenols is 1. The maximum absolute atomic E-state index is 15.1. The Hall–Kier alpha value is -7.89. The van der Waals surface area contributed by atoms with Gasteiger partial charge in [0.25, 0.3) is 11.8 Å². The number of carbonyl (C=O) groups is 11. The number of hydrogen-bond acceptors (Lipinski definition) is 15. The van der Waals surface area contributed by atoms with Crippen molar-refractivity contribution in [2.45, 2.75) is 180 Å². The molecular formula is C55H77N9O15. The minimum Gasteiger partial charge on any atom is -0.508 e. The third kappa shape index (κ3) is 17.8. The van der Waals surface area contributed by atoms with E-state index < -0.39 is 143 Å². The molecule has 24 nitrogen and oxygen atoms in total. The van der Waals surface area contributed by atoms with Gasteiger partial charge in [0, 0.05) is 32.7 Å². The Labute approximate surface area is 459 Å². The van der Waals surface area contributed by atoms with Crippen LogP contribution in [0.15, 0.2) is 66.4 Å². The first-order chi connectivity index (χ1) is 37.3. The zero-order chi connectivity index (χ0) is 58.8. The summed E-state index contributed by atoms with van der Waals surface area (Å²) in [4.78, 5) is 156. The second-order valence-electron chi connectivity index (χ2n) is 20.1. The molecule has 2 saturated heterocycles. The van der Waals surface area contributed by atoms with Crippen LogP contribution in [0.2, 0.25) is 0 Å². The largest absolute Gasteiger partial charge is 0.508 e. The van der Waals surface area contributed by atoms with Crippen LogP contribution in [0, 0.1) is 5.92 Å². The molecule has 4 rings (SSSR count). The number of hydrogen-bond donors (Lipinski definition) is 9. The van der Waals surface area contributed by atoms with Crippen LogP contribution in [0.25, 0.3) is 0 Å². The van der Waals surface area contributed by atoms with Gasteiger partial charge in [0.05, 0.1) is 0 Å². The Bertz CT molecular complexity index is 2560. The van der Waals surface area contributed by atoms with Gasteiger partial charge in [-0.25, -0.2) is 9.59 Å². The van der Waals surface area contributed by atoms with Gasteiger partial charge in [-0.15, -0.1) is 0 Å². The molecule has 2 fully saturated rings. The Kier molecular flexibility index (Phi) is 24.0. The molecule has 2 aromatic carbocycles. The smallest absolute Gasteiger partial charge is 0.329 e. The summed E-state index contributed by atoms with van der Waals surface area (Å²) in [6, 6.07) is 2.31. The van der Waals surface area contributed by atoms with Gasteiger partial charge in [-0.2, -0.15) is 0 Å². The van der Waals surface area contributed by atoms with E-state index in [-0.39, 0.29) is 44.3 Å². The summed E-state index contributed by atoms with van der Waals surface area (Å²) in [6.07, 6.45) is -3.10. The summed E-state index contributed by atoms with van der Waals surface area (Å²) in [5.41, 5.74) is 0.583. The molecule has 0 saturated carbocycles. The van der Waals surface area contributed by atoms with Gasteiger partial charge >= 0.3 is 11.9 Å². The number of aliphatic hydroxyl groups is 1. The summed E-state index contributed by atoms with van der Waals surface area (Å²) < 4.78 is 11.5. The van der Waals surface area contributed by atoms with Gasteiger partial charge < -0.3 is 66.7 Å². The number of nitrogens with one attached hydrogen (secondary N) is 7. The summed E-state index contributed by atoms with van der Waals surface area (Å²) in [5.74, 6) is -10.8. The monoisotopic (exact) mass is 1100 g/mol. The second-order valence-corrected chi connectivity index (χ2v) is 20.1. The number of likely N-dealkylation sites (N-methyl/N-ethyl adjacent to an activating group) is 1. The fraction of sp³-hybridized carbons (Fsp3) is 0.545. The van der Waals surface area contributed by atoms with Crippen LogP contribution in [0.3, 0.4) is 0 Å². The van der Waals surface area contributed by atoms with Crippen LogP contribution in [-0.2, 0) is 75.1 Å². The predicted molar refractivity (Wildman–Crippen MR) is 285 cm³/mol. The van der Waals surface area contributed by atoms with Crippen molar-refractivity contribution in [2.24, 2.45) is 5.92 Å². The van der Waals surface area contributed by atoms with Gasteiger partial charge in [0.2, 0.25) is 41.4 Å². The molecular weight excluding hydrogens is 1030 g/mol. The third-order valence-electron chi connectivity index (χ3n) is 13.4. The van der Waals surface area contributed by atoms with E-state index in [1.807, 2.05) is 0 Å². The highest BCUT2D eigenvalue weighted by Gasteiger charge is 2.46. The lowest BCUT2D eigenvalue weighted by atomic mass is 9.95. The Morgan fingerprint density at radius 1 is 0.759 bits per heavy atom. The van der Waals surface area contributed by atoms with E-state index in [4.69, 9.17) is 9.47 Å². The van der Waals surface area contributed by atoms with Crippen molar-refractivity contribution in [2.75, 3.05) is 7.05 Å². The van der Waals surface area contributed by atoms with Gasteiger partial charge in [0.15, 0.2) is 0 Å². The van der Waals surface area contributed by atoms with Crippen molar-refractivity contribution in [3.05, 3.63) is 77.5 Å². The molecule has 0 spiro atoms. The molecule has 0 aromatic heterocycles. The summed E-state index contributed by atoms with van der Waals surface area (Å²) in [7, 11) is 1.33. The molecule has 0 unspecified atom stereocenters. The van der Waals surface area contributed by atoms with Crippen LogP contribution >= 0.6 is 0 Å². The third-order valence-corrected chi connectivity index (χ3v) is 13.4. The average molecular weight is 1100 g/mol. The van der Waals surface area contributed by atoms with Gasteiger partial charge in [-0.1, -0.05) is 76.2 Å². The Morgan fingerprint density at radius 2 is 1.34 bits per heavy atom. The van der Waals surface area contributed by atoms with Gasteiger partial charge in [-0.05, 0) is 89.5 Å². The fourth-order valence-corrected chi connectivity index (χ4v) is 8.84. The number of rotatable bonds is 18. The molecule has 2 aliphatic heterocycles. The lowest BCUT2D eigenvalue weighted by molar-refractivity contribution is -0.165. The highest BCUT2D eigenvalue weighted by Crippen LogP contribution is 2.26. The van der Waals surface area contributed by atoms with E-state index in [0.29, 0.717) is 24.0 Å². The molecule has 9 N–H and O–H groups in total. The van der Waals surface area contributed by atoms with E-state index in [1.165, 1.54) is 72.0 Å². The number of fused-ring (bicyclic) bond motifs is 2. The number of amides is 9. The number of aromatic hydroxyl groups is 1. The van der Waals surface area contributed by atoms with Crippen LogP contribution in [0.5, 0.6) is 5.75 Å². The number of nitrogens with zero attached hydrogens (tertiary/aromatic N) is 2. The zero-order valence-electron chi connectivity index (χ0n) is 46.5. The average Bonchev–Trinajstić information content (AvgIpc) is 3.43. The molecule has 79 heavy (non-hydrogen) atoms. The highest BCUT2D eigenvalue weighted by molar-refractivity contribution is 6.03. The maximum atomic E-state index is 15.1. The van der Waals surface area contributed by atoms with Crippen molar-refractivity contribution in [3.8, 4) is 5.75 Å². The number of cyclic esters (lactones) is 1. The normalized spacial score (nSPS) is 23.7. The Balaban J connectivity index is 1.85. The van der Waals surface area contributed by atoms with E-state index in [9.17, 15) is 58.2 Å². The molecule has 2 heterocycles. The van der Waals surface area contributed by atoms with E-state index >= 15 is 4.79 Å². The molecule has 9 amide bonds. The number of ether oxygens (including phenoxy) is 2. The SMILES string of the molecule is C/C=C1\NC(=O)[C@@H](NC(=O)[C@@H](NC(=O)[C@H](C)NC(=O)CCC)[C@@H](C)OC(=O)[C@H](C)NC(=O)CCC)[C@@H](C)OC(=O)[C@H](C(C)C)NC(=O)[C@H](Cc2ccc(O)cc2)N(C)C(=O)[C@H](Cc2ccccc2)N2C(=O)[C@H](CC[C@H]2O)NC1=O. The topological polar surface area (TPSA) is 337 Å². The summed E-state index contributed by atoms with van der Waals surface area (Å²) >= 11 is 0. The standard InChI is InChI=1S/C55H77N9O15/c1-11-17-41(66)56-30(6)47(69)61-46(32(8)78-54(76)31(7)57-42(67)18-12-2)51(73)62-45-33(9)79-55(77)44(29(4)5)60-49(71)39(27-35-21-23-36(65)24-22-35)63(10)53(75)40(28-34-19-15-14-16-20-34)64-43(68)26-25-38(52(64)74)59-48(70)37(13-3)58-50(45)72/h13-16,19-24,29-33,38-40,43-46,65,68H,11-12,17-18,25-28H2,1-10H3,(H,56,66)(H,57,67)(H,58,72)(H,59,70)(H,60,71)(H,61,69)(H,62,73)/b37-13-/t30-,31-,32+,33+,38-,39-,40-,43+,44-,45-,46-/m0/s1. The van der Waals surface area contributed by atoms with Crippen molar-refractivity contribution in [3.63, 3.8) is 0 Å². The molecule has 11 atom stereocenters. The number of phenolic OH excluding ortho intramolecular Hbond substituents is 1. The lowest BCUT2D eigenvalue weighted by Crippen LogP contribution is -2.64. The lowest BCUT2D eigenvalue weighted by Gasteiger charge is -2.43.